The number of hydrogen-bond acceptors (Lipinski definition) is 9. The summed E-state index contributed by atoms with van der Waals surface area (Å²) in [5.41, 5.74) is 5.21. The Hall–Kier alpha value is -4.81. The fraction of sp³-hybridized carbons (Fsp3) is 0.261. The highest BCUT2D eigenvalue weighted by Gasteiger charge is 2.37. The molecule has 5 N–H and O–H groups in total. The van der Waals surface area contributed by atoms with E-state index in [-0.39, 0.29) is 24.7 Å². The first-order valence-electron chi connectivity index (χ1n) is 11.2. The van der Waals surface area contributed by atoms with Gasteiger partial charge in [-0.15, -0.1) is 0 Å². The number of hydrogen-bond donors (Lipinski definition) is 4. The Kier molecular flexibility index (Phi) is 7.18. The molecule has 3 amide bonds. The Labute approximate surface area is 205 Å². The normalized spacial score (nSPS) is 14.9. The van der Waals surface area contributed by atoms with E-state index in [1.807, 2.05) is 36.4 Å². The second kappa shape index (κ2) is 10.6. The fourth-order valence-corrected chi connectivity index (χ4v) is 4.10. The first-order valence-corrected chi connectivity index (χ1v) is 11.2. The minimum Gasteiger partial charge on any atom is -0.368 e. The zero-order valence-electron chi connectivity index (χ0n) is 19.1. The van der Waals surface area contributed by atoms with Gasteiger partial charge in [-0.25, -0.2) is 9.97 Å². The quantitative estimate of drug-likeness (QED) is 0.251. The molecule has 13 nitrogen and oxygen atoms in total. The average Bonchev–Trinajstić information content (AvgIpc) is 3.35. The van der Waals surface area contributed by atoms with Crippen LogP contribution in [0, 0.1) is 10.1 Å². The van der Waals surface area contributed by atoms with E-state index in [2.05, 4.69) is 25.9 Å². The van der Waals surface area contributed by atoms with Crippen molar-refractivity contribution in [1.82, 2.24) is 15.3 Å². The zero-order chi connectivity index (χ0) is 25.7. The topological polar surface area (TPSA) is 185 Å². The summed E-state index contributed by atoms with van der Waals surface area (Å²) in [5, 5.41) is 21.8. The van der Waals surface area contributed by atoms with Crippen LogP contribution in [0.3, 0.4) is 0 Å². The number of nitro groups is 1. The largest absolute Gasteiger partial charge is 0.368 e. The third-order valence-electron chi connectivity index (χ3n) is 5.70. The predicted molar refractivity (Wildman–Crippen MR) is 132 cm³/mol. The number of aromatic nitrogens is 2. The van der Waals surface area contributed by atoms with Crippen molar-refractivity contribution < 1.29 is 19.3 Å². The van der Waals surface area contributed by atoms with Gasteiger partial charge < -0.3 is 26.6 Å². The Morgan fingerprint density at radius 1 is 1.11 bits per heavy atom. The molecule has 4 rings (SSSR count). The van der Waals surface area contributed by atoms with Crippen molar-refractivity contribution in [2.24, 2.45) is 5.73 Å². The van der Waals surface area contributed by atoms with E-state index >= 15 is 0 Å². The highest BCUT2D eigenvalue weighted by molar-refractivity contribution is 5.97. The SMILES string of the molecule is NC(=O)CNC(=O)C1CCCN1c1ncnc(NCC(=O)Nc2ccc3ccccc3c2)c1[N+](=O)[O-]. The van der Waals surface area contributed by atoms with Gasteiger partial charge in [-0.3, -0.25) is 24.5 Å². The molecule has 1 saturated heterocycles. The van der Waals surface area contributed by atoms with Gasteiger partial charge in [-0.1, -0.05) is 30.3 Å². The number of amides is 3. The van der Waals surface area contributed by atoms with Crippen molar-refractivity contribution in [3.63, 3.8) is 0 Å². The number of carbonyl (C=O) groups excluding carboxylic acids is 3. The van der Waals surface area contributed by atoms with E-state index in [1.54, 1.807) is 6.07 Å². The van der Waals surface area contributed by atoms with Gasteiger partial charge in [-0.05, 0) is 35.7 Å². The maximum Gasteiger partial charge on any atom is 0.353 e. The summed E-state index contributed by atoms with van der Waals surface area (Å²) in [6.45, 7) is -0.283. The fourth-order valence-electron chi connectivity index (χ4n) is 4.10. The lowest BCUT2D eigenvalue weighted by molar-refractivity contribution is -0.383. The van der Waals surface area contributed by atoms with E-state index < -0.39 is 34.4 Å². The number of carbonyl (C=O) groups is 3. The Balaban J connectivity index is 1.48. The summed E-state index contributed by atoms with van der Waals surface area (Å²) < 4.78 is 0. The summed E-state index contributed by atoms with van der Waals surface area (Å²) in [7, 11) is 0. The third-order valence-corrected chi connectivity index (χ3v) is 5.70. The lowest BCUT2D eigenvalue weighted by atomic mass is 10.1. The smallest absolute Gasteiger partial charge is 0.353 e. The van der Waals surface area contributed by atoms with Crippen LogP contribution in [-0.2, 0) is 14.4 Å². The van der Waals surface area contributed by atoms with Crippen molar-refractivity contribution >= 4 is 51.5 Å². The monoisotopic (exact) mass is 492 g/mol. The third kappa shape index (κ3) is 5.46. The molecule has 1 unspecified atom stereocenters. The first kappa shape index (κ1) is 24.3. The number of nitrogens with zero attached hydrogens (tertiary/aromatic N) is 4. The molecule has 2 aromatic carbocycles. The van der Waals surface area contributed by atoms with Crippen LogP contribution in [0.5, 0.6) is 0 Å². The number of anilines is 3. The van der Waals surface area contributed by atoms with Crippen molar-refractivity contribution in [2.75, 3.05) is 35.2 Å². The van der Waals surface area contributed by atoms with Crippen LogP contribution in [0.4, 0.5) is 23.0 Å². The molecule has 0 saturated carbocycles. The minimum absolute atomic E-state index is 0.0517. The lowest BCUT2D eigenvalue weighted by Gasteiger charge is -2.24. The van der Waals surface area contributed by atoms with Crippen molar-refractivity contribution in [3.05, 3.63) is 58.9 Å². The number of primary amides is 1. The Bertz CT molecular complexity index is 1330. The highest BCUT2D eigenvalue weighted by atomic mass is 16.6. The Morgan fingerprint density at radius 3 is 2.64 bits per heavy atom. The van der Waals surface area contributed by atoms with Gasteiger partial charge in [0.05, 0.1) is 18.0 Å². The first-order chi connectivity index (χ1) is 17.3. The van der Waals surface area contributed by atoms with Crippen LogP contribution in [0.1, 0.15) is 12.8 Å². The number of benzene rings is 2. The molecular weight excluding hydrogens is 468 g/mol. The van der Waals surface area contributed by atoms with Crippen LogP contribution >= 0.6 is 0 Å². The van der Waals surface area contributed by atoms with Gasteiger partial charge in [0.2, 0.25) is 29.4 Å². The molecule has 0 radical (unpaired) electrons. The molecule has 1 fully saturated rings. The van der Waals surface area contributed by atoms with E-state index in [4.69, 9.17) is 5.73 Å². The maximum absolute atomic E-state index is 12.5. The van der Waals surface area contributed by atoms with Crippen LogP contribution in [0.15, 0.2) is 48.8 Å². The molecule has 3 aromatic rings. The molecule has 36 heavy (non-hydrogen) atoms. The second-order valence-corrected chi connectivity index (χ2v) is 8.15. The summed E-state index contributed by atoms with van der Waals surface area (Å²) in [6.07, 6.45) is 2.14. The molecule has 2 heterocycles. The molecule has 1 aliphatic rings. The Morgan fingerprint density at radius 2 is 1.89 bits per heavy atom. The predicted octanol–water partition coefficient (Wildman–Crippen LogP) is 1.16. The van der Waals surface area contributed by atoms with Gasteiger partial charge in [0, 0.05) is 12.2 Å². The number of nitrogens with one attached hydrogen (secondary N) is 3. The average molecular weight is 492 g/mol. The maximum atomic E-state index is 12.5. The number of rotatable bonds is 9. The van der Waals surface area contributed by atoms with Crippen LogP contribution in [0.2, 0.25) is 0 Å². The molecular formula is C23H24N8O5. The molecule has 186 valence electrons. The van der Waals surface area contributed by atoms with Gasteiger partial charge >= 0.3 is 5.69 Å². The molecule has 1 atom stereocenters. The molecule has 1 aliphatic heterocycles. The second-order valence-electron chi connectivity index (χ2n) is 8.15. The van der Waals surface area contributed by atoms with E-state index in [0.29, 0.717) is 25.1 Å². The van der Waals surface area contributed by atoms with E-state index in [1.165, 1.54) is 4.90 Å². The van der Waals surface area contributed by atoms with Crippen molar-refractivity contribution in [1.29, 1.82) is 0 Å². The molecule has 0 spiro atoms. The zero-order valence-corrected chi connectivity index (χ0v) is 19.1. The van der Waals surface area contributed by atoms with Crippen LogP contribution in [-0.4, -0.2) is 58.3 Å². The lowest BCUT2D eigenvalue weighted by Crippen LogP contribution is -2.46. The summed E-state index contributed by atoms with van der Waals surface area (Å²) in [4.78, 5) is 56.8. The van der Waals surface area contributed by atoms with Crippen LogP contribution in [0.25, 0.3) is 10.8 Å². The van der Waals surface area contributed by atoms with Crippen LogP contribution < -0.4 is 26.6 Å². The number of nitrogens with two attached hydrogens (primary N) is 1. The highest BCUT2D eigenvalue weighted by Crippen LogP contribution is 2.35. The number of fused-ring (bicyclic) bond motifs is 1. The summed E-state index contributed by atoms with van der Waals surface area (Å²) in [5.74, 6) is -1.81. The standard InChI is InChI=1S/C23H24N8O5/c24-18(32)11-26-23(34)17-6-3-9-30(17)22-20(31(35)36)21(27-13-28-22)25-12-19(33)29-16-8-7-14-4-1-2-5-15(14)10-16/h1-2,4-5,7-8,10,13,17H,3,6,9,11-12H2,(H2,24,32)(H,26,34)(H,29,33)(H,25,27,28). The van der Waals surface area contributed by atoms with Gasteiger partial charge in [-0.2, -0.15) is 0 Å². The minimum atomic E-state index is -0.762. The molecule has 13 heteroatoms. The van der Waals surface area contributed by atoms with Gasteiger partial charge in [0.1, 0.15) is 12.4 Å². The summed E-state index contributed by atoms with van der Waals surface area (Å²) >= 11 is 0. The summed E-state index contributed by atoms with van der Waals surface area (Å²) in [6, 6.07) is 12.4. The van der Waals surface area contributed by atoms with E-state index in [9.17, 15) is 24.5 Å². The van der Waals surface area contributed by atoms with Gasteiger partial charge in [0.15, 0.2) is 0 Å². The van der Waals surface area contributed by atoms with Gasteiger partial charge in [0.25, 0.3) is 0 Å². The molecule has 0 bridgehead atoms. The van der Waals surface area contributed by atoms with Crippen molar-refractivity contribution in [3.8, 4) is 0 Å². The molecule has 0 aliphatic carbocycles. The van der Waals surface area contributed by atoms with E-state index in [0.717, 1.165) is 17.1 Å². The molecule has 1 aromatic heterocycles. The van der Waals surface area contributed by atoms with Crippen molar-refractivity contribution in [2.45, 2.75) is 18.9 Å².